The van der Waals surface area contributed by atoms with Crippen LogP contribution in [-0.2, 0) is 4.79 Å². The van der Waals surface area contributed by atoms with Gasteiger partial charge in [0.2, 0.25) is 5.91 Å². The maximum atomic E-state index is 11.6. The predicted octanol–water partition coefficient (Wildman–Crippen LogP) is 1.62. The Morgan fingerprint density at radius 3 is 2.72 bits per heavy atom. The molecular formula is C14H20N2O2. The molecule has 2 atom stereocenters. The van der Waals surface area contributed by atoms with Gasteiger partial charge in [-0.1, -0.05) is 18.2 Å². The molecule has 0 aliphatic carbocycles. The molecule has 1 aromatic carbocycles. The highest BCUT2D eigenvalue weighted by Gasteiger charge is 2.41. The van der Waals surface area contributed by atoms with Gasteiger partial charge in [0, 0.05) is 12.6 Å². The van der Waals surface area contributed by atoms with Crippen molar-refractivity contribution in [3.8, 4) is 5.75 Å². The zero-order valence-electron chi connectivity index (χ0n) is 11.3. The van der Waals surface area contributed by atoms with E-state index in [9.17, 15) is 4.79 Å². The Bertz CT molecular complexity index is 457. The van der Waals surface area contributed by atoms with Crippen molar-refractivity contribution < 1.29 is 9.53 Å². The monoisotopic (exact) mass is 248 g/mol. The summed E-state index contributed by atoms with van der Waals surface area (Å²) in [6.07, 6.45) is 0. The van der Waals surface area contributed by atoms with Crippen molar-refractivity contribution in [2.45, 2.75) is 38.5 Å². The Kier molecular flexibility index (Phi) is 3.30. The minimum Gasteiger partial charge on any atom is -0.486 e. The van der Waals surface area contributed by atoms with E-state index in [1.165, 1.54) is 0 Å². The number of benzene rings is 1. The average Bonchev–Trinajstić information content (AvgIpc) is 2.59. The lowest BCUT2D eigenvalue weighted by atomic mass is 9.94. The van der Waals surface area contributed by atoms with Crippen LogP contribution in [0, 0.1) is 0 Å². The number of ether oxygens (including phenoxy) is 1. The molecule has 18 heavy (non-hydrogen) atoms. The lowest BCUT2D eigenvalue weighted by Crippen LogP contribution is -2.48. The lowest BCUT2D eigenvalue weighted by Gasteiger charge is -2.29. The Labute approximate surface area is 108 Å². The highest BCUT2D eigenvalue weighted by molar-refractivity contribution is 5.81. The number of para-hydroxylation sites is 1. The molecule has 98 valence electrons. The van der Waals surface area contributed by atoms with E-state index in [0.717, 1.165) is 11.3 Å². The molecule has 0 radical (unpaired) electrons. The second-order valence-electron chi connectivity index (χ2n) is 5.18. The number of nitrogens with one attached hydrogen (secondary N) is 2. The van der Waals surface area contributed by atoms with Crippen molar-refractivity contribution >= 4 is 5.91 Å². The minimum atomic E-state index is -0.355. The van der Waals surface area contributed by atoms with Crippen molar-refractivity contribution in [3.63, 3.8) is 0 Å². The SMILES string of the molecule is CNC(=O)C(C)NC1c2ccccc2OC1(C)C. The Morgan fingerprint density at radius 2 is 2.06 bits per heavy atom. The van der Waals surface area contributed by atoms with Crippen molar-refractivity contribution in [2.24, 2.45) is 0 Å². The fourth-order valence-electron chi connectivity index (χ4n) is 2.36. The fraction of sp³-hybridized carbons (Fsp3) is 0.500. The van der Waals surface area contributed by atoms with Crippen LogP contribution in [0.4, 0.5) is 0 Å². The van der Waals surface area contributed by atoms with Gasteiger partial charge in [-0.2, -0.15) is 0 Å². The molecule has 0 saturated carbocycles. The van der Waals surface area contributed by atoms with Crippen LogP contribution in [-0.4, -0.2) is 24.6 Å². The first-order valence-electron chi connectivity index (χ1n) is 6.21. The molecule has 2 rings (SSSR count). The highest BCUT2D eigenvalue weighted by Crippen LogP contribution is 2.42. The van der Waals surface area contributed by atoms with Gasteiger partial charge in [0.25, 0.3) is 0 Å². The third-order valence-corrected chi connectivity index (χ3v) is 3.35. The van der Waals surface area contributed by atoms with E-state index < -0.39 is 0 Å². The van der Waals surface area contributed by atoms with Crippen LogP contribution in [0.2, 0.25) is 0 Å². The molecule has 0 saturated heterocycles. The normalized spacial score (nSPS) is 21.9. The fourth-order valence-corrected chi connectivity index (χ4v) is 2.36. The maximum Gasteiger partial charge on any atom is 0.236 e. The summed E-state index contributed by atoms with van der Waals surface area (Å²) in [6.45, 7) is 5.92. The van der Waals surface area contributed by atoms with E-state index in [0.29, 0.717) is 0 Å². The summed E-state index contributed by atoms with van der Waals surface area (Å²) in [4.78, 5) is 11.6. The number of fused-ring (bicyclic) bond motifs is 1. The van der Waals surface area contributed by atoms with Gasteiger partial charge >= 0.3 is 0 Å². The number of rotatable bonds is 3. The van der Waals surface area contributed by atoms with Crippen LogP contribution in [0.1, 0.15) is 32.4 Å². The summed E-state index contributed by atoms with van der Waals surface area (Å²) in [5, 5.41) is 5.99. The molecule has 1 amide bonds. The first-order chi connectivity index (χ1) is 8.45. The summed E-state index contributed by atoms with van der Waals surface area (Å²) in [5.74, 6) is 0.874. The van der Waals surface area contributed by atoms with E-state index in [-0.39, 0.29) is 23.6 Å². The summed E-state index contributed by atoms with van der Waals surface area (Å²) in [5.41, 5.74) is 0.754. The highest BCUT2D eigenvalue weighted by atomic mass is 16.5. The molecular weight excluding hydrogens is 228 g/mol. The van der Waals surface area contributed by atoms with Crippen LogP contribution in [0.15, 0.2) is 24.3 Å². The van der Waals surface area contributed by atoms with Gasteiger partial charge in [-0.3, -0.25) is 10.1 Å². The Balaban J connectivity index is 2.23. The molecule has 0 bridgehead atoms. The molecule has 2 N–H and O–H groups in total. The Hall–Kier alpha value is -1.55. The van der Waals surface area contributed by atoms with Gasteiger partial charge in [-0.15, -0.1) is 0 Å². The van der Waals surface area contributed by atoms with Crippen molar-refractivity contribution in [1.82, 2.24) is 10.6 Å². The summed E-state index contributed by atoms with van der Waals surface area (Å²) >= 11 is 0. The molecule has 0 fully saturated rings. The molecule has 1 aromatic rings. The van der Waals surface area contributed by atoms with Crippen LogP contribution in [0.5, 0.6) is 5.75 Å². The van der Waals surface area contributed by atoms with Gasteiger partial charge in [0.05, 0.1) is 12.1 Å². The molecule has 4 heteroatoms. The zero-order chi connectivity index (χ0) is 13.3. The van der Waals surface area contributed by atoms with Crippen molar-refractivity contribution in [1.29, 1.82) is 0 Å². The van der Waals surface area contributed by atoms with Crippen LogP contribution in [0.3, 0.4) is 0 Å². The molecule has 0 spiro atoms. The van der Waals surface area contributed by atoms with E-state index in [4.69, 9.17) is 4.74 Å². The summed E-state index contributed by atoms with van der Waals surface area (Å²) in [6, 6.07) is 7.71. The van der Waals surface area contributed by atoms with E-state index >= 15 is 0 Å². The largest absolute Gasteiger partial charge is 0.486 e. The molecule has 4 nitrogen and oxygen atoms in total. The standard InChI is InChI=1S/C14H20N2O2/c1-9(13(17)15-4)16-12-10-7-5-6-8-11(10)18-14(12,2)3/h5-9,12,16H,1-4H3,(H,15,17). The molecule has 1 aliphatic rings. The van der Waals surface area contributed by atoms with Gasteiger partial charge in [-0.25, -0.2) is 0 Å². The van der Waals surface area contributed by atoms with E-state index in [1.54, 1.807) is 7.05 Å². The smallest absolute Gasteiger partial charge is 0.236 e. The quantitative estimate of drug-likeness (QED) is 0.854. The first kappa shape index (κ1) is 12.9. The number of hydrogen-bond acceptors (Lipinski definition) is 3. The van der Waals surface area contributed by atoms with Gasteiger partial charge in [0.15, 0.2) is 0 Å². The van der Waals surface area contributed by atoms with Gasteiger partial charge in [0.1, 0.15) is 11.4 Å². The lowest BCUT2D eigenvalue weighted by molar-refractivity contribution is -0.122. The van der Waals surface area contributed by atoms with Gasteiger partial charge < -0.3 is 10.1 Å². The third kappa shape index (κ3) is 2.20. The Morgan fingerprint density at radius 1 is 1.39 bits per heavy atom. The second-order valence-corrected chi connectivity index (χ2v) is 5.18. The number of carbonyl (C=O) groups is 1. The topological polar surface area (TPSA) is 50.4 Å². The molecule has 1 aliphatic heterocycles. The number of carbonyl (C=O) groups excluding carboxylic acids is 1. The summed E-state index contributed by atoms with van der Waals surface area (Å²) < 4.78 is 5.93. The first-order valence-corrected chi connectivity index (χ1v) is 6.21. The number of hydrogen-bond donors (Lipinski definition) is 2. The second kappa shape index (κ2) is 4.61. The van der Waals surface area contributed by atoms with Crippen molar-refractivity contribution in [3.05, 3.63) is 29.8 Å². The summed E-state index contributed by atoms with van der Waals surface area (Å²) in [7, 11) is 1.64. The average molecular weight is 248 g/mol. The zero-order valence-corrected chi connectivity index (χ0v) is 11.3. The predicted molar refractivity (Wildman–Crippen MR) is 70.6 cm³/mol. The van der Waals surface area contributed by atoms with Gasteiger partial charge in [-0.05, 0) is 26.8 Å². The van der Waals surface area contributed by atoms with Crippen molar-refractivity contribution in [2.75, 3.05) is 7.05 Å². The van der Waals surface area contributed by atoms with E-state index in [2.05, 4.69) is 10.6 Å². The molecule has 2 unspecified atom stereocenters. The third-order valence-electron chi connectivity index (χ3n) is 3.35. The number of amides is 1. The van der Waals surface area contributed by atoms with Crippen LogP contribution < -0.4 is 15.4 Å². The molecule has 1 heterocycles. The van der Waals surface area contributed by atoms with E-state index in [1.807, 2.05) is 45.0 Å². The minimum absolute atomic E-state index is 0.0148. The van der Waals surface area contributed by atoms with Crippen LogP contribution >= 0.6 is 0 Å². The molecule has 0 aromatic heterocycles. The van der Waals surface area contributed by atoms with Crippen LogP contribution in [0.25, 0.3) is 0 Å². The maximum absolute atomic E-state index is 11.6. The number of likely N-dealkylation sites (N-methyl/N-ethyl adjacent to an activating group) is 1.